The lowest BCUT2D eigenvalue weighted by molar-refractivity contribution is -0.117. The molecule has 0 amide bonds. The average Bonchev–Trinajstić information content (AvgIpc) is 2.70. The van der Waals surface area contributed by atoms with Gasteiger partial charge in [0.25, 0.3) is 0 Å². The van der Waals surface area contributed by atoms with Crippen LogP contribution >= 0.6 is 11.8 Å². The van der Waals surface area contributed by atoms with Crippen molar-refractivity contribution in [2.24, 2.45) is 5.92 Å². The summed E-state index contributed by atoms with van der Waals surface area (Å²) in [5.74, 6) is 1.07. The van der Waals surface area contributed by atoms with Crippen molar-refractivity contribution in [1.29, 1.82) is 0 Å². The van der Waals surface area contributed by atoms with Crippen LogP contribution in [0.5, 0.6) is 0 Å². The average molecular weight is 188 g/mol. The van der Waals surface area contributed by atoms with E-state index in [2.05, 4.69) is 18.2 Å². The highest BCUT2D eigenvalue weighted by atomic mass is 32.2. The van der Waals surface area contributed by atoms with Gasteiger partial charge in [-0.3, -0.25) is 4.79 Å². The van der Waals surface area contributed by atoms with Crippen LogP contribution in [0.25, 0.3) is 0 Å². The van der Waals surface area contributed by atoms with Crippen molar-refractivity contribution in [3.05, 3.63) is 46.4 Å². The maximum Gasteiger partial charge on any atom is 0.154 e. The summed E-state index contributed by atoms with van der Waals surface area (Å²) >= 11 is 1.70. The second-order valence-corrected chi connectivity index (χ2v) is 4.37. The second-order valence-electron chi connectivity index (χ2n) is 3.35. The van der Waals surface area contributed by atoms with Gasteiger partial charge in [0.15, 0.2) is 5.78 Å². The number of hydrogen-bond acceptors (Lipinski definition) is 2. The molecule has 0 radical (unpaired) electrons. The first-order chi connectivity index (χ1) is 6.36. The molecular formula is C11H8OS. The summed E-state index contributed by atoms with van der Waals surface area (Å²) in [6, 6.07) is 0. The summed E-state index contributed by atoms with van der Waals surface area (Å²) in [5, 5.41) is 0. The van der Waals surface area contributed by atoms with E-state index in [4.69, 9.17) is 0 Å². The van der Waals surface area contributed by atoms with Crippen molar-refractivity contribution < 1.29 is 4.79 Å². The van der Waals surface area contributed by atoms with E-state index in [1.807, 2.05) is 12.2 Å². The minimum Gasteiger partial charge on any atom is -0.298 e. The fourth-order valence-corrected chi connectivity index (χ4v) is 3.13. The van der Waals surface area contributed by atoms with Gasteiger partial charge in [-0.25, -0.2) is 0 Å². The van der Waals surface area contributed by atoms with Crippen LogP contribution in [0.1, 0.15) is 0 Å². The van der Waals surface area contributed by atoms with Gasteiger partial charge in [0.05, 0.1) is 11.7 Å². The standard InChI is InChI=1S/C11H8OS/c12-10-6-13-11-8-3-1-2-7(8)4-5-9(10)11/h1-5,9H,6H2. The van der Waals surface area contributed by atoms with Crippen molar-refractivity contribution >= 4 is 17.5 Å². The Bertz CT molecular complexity index is 410. The van der Waals surface area contributed by atoms with E-state index in [-0.39, 0.29) is 5.92 Å². The molecule has 0 N–H and O–H groups in total. The van der Waals surface area contributed by atoms with Crippen LogP contribution in [0.3, 0.4) is 0 Å². The summed E-state index contributed by atoms with van der Waals surface area (Å²) in [6.45, 7) is 0. The summed E-state index contributed by atoms with van der Waals surface area (Å²) in [4.78, 5) is 12.7. The third-order valence-electron chi connectivity index (χ3n) is 2.58. The maximum absolute atomic E-state index is 11.4. The minimum absolute atomic E-state index is 0.0694. The molecule has 13 heavy (non-hydrogen) atoms. The van der Waals surface area contributed by atoms with E-state index in [1.165, 1.54) is 16.1 Å². The lowest BCUT2D eigenvalue weighted by Crippen LogP contribution is -2.10. The predicted octanol–water partition coefficient (Wildman–Crippen LogP) is 2.24. The molecule has 2 heteroatoms. The second kappa shape index (κ2) is 2.48. The normalized spacial score (nSPS) is 29.4. The van der Waals surface area contributed by atoms with Gasteiger partial charge in [0.1, 0.15) is 0 Å². The van der Waals surface area contributed by atoms with Crippen LogP contribution < -0.4 is 0 Å². The number of carbonyl (C=O) groups excluding carboxylic acids is 1. The summed E-state index contributed by atoms with van der Waals surface area (Å²) in [5.41, 5.74) is 2.52. The first-order valence-electron chi connectivity index (χ1n) is 4.33. The molecule has 1 heterocycles. The predicted molar refractivity (Wildman–Crippen MR) is 54.3 cm³/mol. The summed E-state index contributed by atoms with van der Waals surface area (Å²) in [7, 11) is 0. The van der Waals surface area contributed by atoms with E-state index < -0.39 is 0 Å². The molecule has 2 aliphatic carbocycles. The van der Waals surface area contributed by atoms with Gasteiger partial charge in [-0.1, -0.05) is 30.4 Å². The number of Topliss-reactive ketones (excluding diaryl/α,β-unsaturated/α-hetero) is 1. The molecular weight excluding hydrogens is 180 g/mol. The molecule has 0 saturated carbocycles. The Labute approximate surface area is 80.9 Å². The van der Waals surface area contributed by atoms with Crippen LogP contribution in [0.4, 0.5) is 0 Å². The Balaban J connectivity index is 2.18. The van der Waals surface area contributed by atoms with Gasteiger partial charge in [0.2, 0.25) is 0 Å². The molecule has 3 aliphatic rings. The van der Waals surface area contributed by atoms with E-state index in [0.29, 0.717) is 11.5 Å². The number of rotatable bonds is 0. The van der Waals surface area contributed by atoms with Gasteiger partial charge >= 0.3 is 0 Å². The molecule has 0 aromatic heterocycles. The summed E-state index contributed by atoms with van der Waals surface area (Å²) in [6.07, 6.45) is 10.3. The fraction of sp³-hybridized carbons (Fsp3) is 0.182. The number of fused-ring (bicyclic) bond motifs is 2. The summed E-state index contributed by atoms with van der Waals surface area (Å²) < 4.78 is 0. The first kappa shape index (κ1) is 7.39. The van der Waals surface area contributed by atoms with Crippen LogP contribution in [0.15, 0.2) is 46.4 Å². The SMILES string of the molecule is O=C1CSC2=C3C=CC=C3C=CC12. The van der Waals surface area contributed by atoms with Crippen molar-refractivity contribution in [1.82, 2.24) is 0 Å². The number of thioether (sulfide) groups is 1. The largest absolute Gasteiger partial charge is 0.298 e. The van der Waals surface area contributed by atoms with Gasteiger partial charge < -0.3 is 0 Å². The van der Waals surface area contributed by atoms with Gasteiger partial charge in [0, 0.05) is 4.91 Å². The molecule has 1 saturated heterocycles. The van der Waals surface area contributed by atoms with Crippen LogP contribution in [0, 0.1) is 5.92 Å². The van der Waals surface area contributed by atoms with E-state index >= 15 is 0 Å². The lowest BCUT2D eigenvalue weighted by atomic mass is 9.92. The molecule has 3 rings (SSSR count). The molecule has 1 aliphatic heterocycles. The molecule has 0 aromatic carbocycles. The zero-order valence-corrected chi connectivity index (χ0v) is 7.80. The topological polar surface area (TPSA) is 17.1 Å². The zero-order chi connectivity index (χ0) is 8.84. The molecule has 0 spiro atoms. The van der Waals surface area contributed by atoms with E-state index in [0.717, 1.165) is 0 Å². The number of carbonyl (C=O) groups is 1. The lowest BCUT2D eigenvalue weighted by Gasteiger charge is -2.14. The first-order valence-corrected chi connectivity index (χ1v) is 5.31. The van der Waals surface area contributed by atoms with Crippen LogP contribution in [-0.2, 0) is 4.79 Å². The third-order valence-corrected chi connectivity index (χ3v) is 3.80. The Morgan fingerprint density at radius 2 is 2.31 bits per heavy atom. The Kier molecular flexibility index (Phi) is 1.41. The molecule has 64 valence electrons. The molecule has 1 unspecified atom stereocenters. The third kappa shape index (κ3) is 0.923. The highest BCUT2D eigenvalue weighted by molar-refractivity contribution is 8.04. The van der Waals surface area contributed by atoms with Crippen molar-refractivity contribution in [3.63, 3.8) is 0 Å². The quantitative estimate of drug-likeness (QED) is 0.580. The van der Waals surface area contributed by atoms with Gasteiger partial charge in [-0.05, 0) is 11.1 Å². The smallest absolute Gasteiger partial charge is 0.154 e. The fourth-order valence-electron chi connectivity index (χ4n) is 1.92. The van der Waals surface area contributed by atoms with Crippen LogP contribution in [-0.4, -0.2) is 11.5 Å². The zero-order valence-electron chi connectivity index (χ0n) is 6.99. The Hall–Kier alpha value is -1.02. The van der Waals surface area contributed by atoms with Gasteiger partial charge in [-0.15, -0.1) is 11.8 Å². The van der Waals surface area contributed by atoms with Crippen LogP contribution in [0.2, 0.25) is 0 Å². The van der Waals surface area contributed by atoms with E-state index in [1.54, 1.807) is 11.8 Å². The van der Waals surface area contributed by atoms with Crippen molar-refractivity contribution in [2.75, 3.05) is 5.75 Å². The molecule has 1 fully saturated rings. The van der Waals surface area contributed by atoms with Gasteiger partial charge in [-0.2, -0.15) is 0 Å². The highest BCUT2D eigenvalue weighted by Crippen LogP contribution is 2.43. The number of hydrogen-bond donors (Lipinski definition) is 0. The molecule has 1 atom stereocenters. The van der Waals surface area contributed by atoms with E-state index in [9.17, 15) is 4.79 Å². The molecule has 0 aromatic rings. The number of ketones is 1. The Morgan fingerprint density at radius 1 is 1.38 bits per heavy atom. The highest BCUT2D eigenvalue weighted by Gasteiger charge is 2.33. The minimum atomic E-state index is 0.0694. The molecule has 0 bridgehead atoms. The Morgan fingerprint density at radius 3 is 3.23 bits per heavy atom. The number of allylic oxidation sites excluding steroid dienone is 8. The van der Waals surface area contributed by atoms with Crippen molar-refractivity contribution in [3.8, 4) is 0 Å². The maximum atomic E-state index is 11.4. The monoisotopic (exact) mass is 188 g/mol. The molecule has 1 nitrogen and oxygen atoms in total. The van der Waals surface area contributed by atoms with Crippen molar-refractivity contribution in [2.45, 2.75) is 0 Å².